The summed E-state index contributed by atoms with van der Waals surface area (Å²) in [5.41, 5.74) is 1.80. The van der Waals surface area contributed by atoms with Crippen molar-refractivity contribution in [2.75, 3.05) is 0 Å². The van der Waals surface area contributed by atoms with Crippen molar-refractivity contribution < 1.29 is 0 Å². The van der Waals surface area contributed by atoms with Gasteiger partial charge in [-0.05, 0) is 21.6 Å². The molecular formula is C12H15P. The van der Waals surface area contributed by atoms with Crippen LogP contribution < -0.4 is 0 Å². The molecule has 1 heteroatoms. The van der Waals surface area contributed by atoms with Gasteiger partial charge in [-0.15, -0.1) is 0 Å². The van der Waals surface area contributed by atoms with Gasteiger partial charge in [-0.2, -0.15) is 0 Å². The van der Waals surface area contributed by atoms with E-state index in [1.165, 1.54) is 5.56 Å². The van der Waals surface area contributed by atoms with E-state index in [1.807, 2.05) is 0 Å². The molecule has 0 spiro atoms. The lowest BCUT2D eigenvalue weighted by atomic mass is 9.95. The molecule has 1 aromatic carbocycles. The average molecular weight is 190 g/mol. The molecule has 0 amide bonds. The topological polar surface area (TPSA) is 0 Å². The lowest BCUT2D eigenvalue weighted by Crippen LogP contribution is -1.99. The molecule has 0 radical (unpaired) electrons. The van der Waals surface area contributed by atoms with E-state index in [1.54, 1.807) is 10.6 Å². The molecule has 0 N–H and O–H groups in total. The van der Waals surface area contributed by atoms with Crippen LogP contribution >= 0.6 is 8.58 Å². The smallest absolute Gasteiger partial charge is 0.0114 e. The van der Waals surface area contributed by atoms with Crippen molar-refractivity contribution in [3.8, 4) is 0 Å². The second-order valence-electron chi connectivity index (χ2n) is 4.49. The third-order valence-corrected chi connectivity index (χ3v) is 4.04. The number of rotatable bonds is 1. The minimum Gasteiger partial charge on any atom is -0.0622 e. The van der Waals surface area contributed by atoms with E-state index < -0.39 is 0 Å². The molecule has 1 aliphatic rings. The molecule has 1 atom stereocenters. The second-order valence-corrected chi connectivity index (χ2v) is 5.74. The van der Waals surface area contributed by atoms with E-state index in [4.69, 9.17) is 0 Å². The van der Waals surface area contributed by atoms with Gasteiger partial charge in [-0.1, -0.05) is 59.7 Å². The van der Waals surface area contributed by atoms with Gasteiger partial charge in [-0.3, -0.25) is 0 Å². The van der Waals surface area contributed by atoms with Crippen LogP contribution in [-0.4, -0.2) is 0 Å². The van der Waals surface area contributed by atoms with Gasteiger partial charge in [0.1, 0.15) is 0 Å². The van der Waals surface area contributed by atoms with Gasteiger partial charge in [0.05, 0.1) is 0 Å². The Kier molecular flexibility index (Phi) is 2.04. The quantitative estimate of drug-likeness (QED) is 0.585. The van der Waals surface area contributed by atoms with Crippen molar-refractivity contribution in [2.24, 2.45) is 5.41 Å². The average Bonchev–Trinajstić information content (AvgIpc) is 2.83. The monoisotopic (exact) mass is 190 g/mol. The largest absolute Gasteiger partial charge is 0.0622 e. The Bertz CT molecular complexity index is 341. The van der Waals surface area contributed by atoms with E-state index in [0.29, 0.717) is 5.41 Å². The summed E-state index contributed by atoms with van der Waals surface area (Å²) in [4.78, 5) is 0. The Morgan fingerprint density at radius 2 is 1.62 bits per heavy atom. The molecular weight excluding hydrogens is 175 g/mol. The molecule has 0 fully saturated rings. The predicted octanol–water partition coefficient (Wildman–Crippen LogP) is 4.09. The van der Waals surface area contributed by atoms with Crippen LogP contribution in [0.25, 0.3) is 5.31 Å². The zero-order valence-corrected chi connectivity index (χ0v) is 9.39. The maximum Gasteiger partial charge on any atom is -0.0114 e. The van der Waals surface area contributed by atoms with Gasteiger partial charge in [0, 0.05) is 0 Å². The maximum absolute atomic E-state index is 2.30. The maximum atomic E-state index is 2.30. The SMILES string of the molecule is CC(C)(C)C1=C(c2ccccc2)P1. The van der Waals surface area contributed by atoms with E-state index in [-0.39, 0.29) is 0 Å². The van der Waals surface area contributed by atoms with E-state index in [9.17, 15) is 0 Å². The zero-order valence-electron chi connectivity index (χ0n) is 8.39. The second kappa shape index (κ2) is 2.96. The molecule has 0 saturated heterocycles. The van der Waals surface area contributed by atoms with Gasteiger partial charge < -0.3 is 0 Å². The lowest BCUT2D eigenvalue weighted by molar-refractivity contribution is 0.540. The van der Waals surface area contributed by atoms with Crippen molar-refractivity contribution >= 4 is 13.9 Å². The Hall–Kier alpha value is -0.610. The highest BCUT2D eigenvalue weighted by atomic mass is 31.1. The lowest BCUT2D eigenvalue weighted by Gasteiger charge is -2.12. The third kappa shape index (κ3) is 1.84. The highest BCUT2D eigenvalue weighted by Gasteiger charge is 2.32. The van der Waals surface area contributed by atoms with Crippen LogP contribution in [0.4, 0.5) is 0 Å². The predicted molar refractivity (Wildman–Crippen MR) is 61.1 cm³/mol. The molecule has 0 aliphatic carbocycles. The Morgan fingerprint density at radius 3 is 2.08 bits per heavy atom. The summed E-state index contributed by atoms with van der Waals surface area (Å²) in [6, 6.07) is 10.7. The highest BCUT2D eigenvalue weighted by Crippen LogP contribution is 2.65. The van der Waals surface area contributed by atoms with Crippen molar-refractivity contribution in [1.29, 1.82) is 0 Å². The molecule has 0 nitrogen and oxygen atoms in total. The Morgan fingerprint density at radius 1 is 1.00 bits per heavy atom. The van der Waals surface area contributed by atoms with Crippen LogP contribution in [0, 0.1) is 5.41 Å². The first-order chi connectivity index (χ1) is 6.09. The molecule has 13 heavy (non-hydrogen) atoms. The van der Waals surface area contributed by atoms with Gasteiger partial charge in [-0.25, -0.2) is 0 Å². The number of hydrogen-bond acceptors (Lipinski definition) is 0. The molecule has 1 aliphatic heterocycles. The number of benzene rings is 1. The first-order valence-corrected chi connectivity index (χ1v) is 5.66. The van der Waals surface area contributed by atoms with Crippen LogP contribution in [0.15, 0.2) is 35.6 Å². The van der Waals surface area contributed by atoms with Crippen molar-refractivity contribution in [3.05, 3.63) is 41.2 Å². The minimum absolute atomic E-state index is 0.379. The first-order valence-electron chi connectivity index (χ1n) is 4.66. The molecule has 0 saturated carbocycles. The van der Waals surface area contributed by atoms with Crippen molar-refractivity contribution in [2.45, 2.75) is 20.8 Å². The fourth-order valence-electron chi connectivity index (χ4n) is 1.48. The first kappa shape index (κ1) is 8.97. The number of hydrogen-bond donors (Lipinski definition) is 0. The Balaban J connectivity index is 2.29. The van der Waals surface area contributed by atoms with E-state index in [0.717, 1.165) is 8.58 Å². The van der Waals surface area contributed by atoms with Gasteiger partial charge in [0.15, 0.2) is 0 Å². The molecule has 0 aromatic heterocycles. The summed E-state index contributed by atoms with van der Waals surface area (Å²) >= 11 is 0. The summed E-state index contributed by atoms with van der Waals surface area (Å²) in [6.07, 6.45) is 0. The standard InChI is InChI=1S/C12H15P/c1-12(2,3)11-10(13-11)9-7-5-4-6-8-9/h4-8,13H,1-3H3. The van der Waals surface area contributed by atoms with Gasteiger partial charge >= 0.3 is 0 Å². The normalized spacial score (nSPS) is 18.1. The highest BCUT2D eigenvalue weighted by molar-refractivity contribution is 7.65. The molecule has 1 heterocycles. The third-order valence-electron chi connectivity index (χ3n) is 2.25. The zero-order chi connectivity index (χ0) is 9.47. The van der Waals surface area contributed by atoms with Crippen molar-refractivity contribution in [3.63, 3.8) is 0 Å². The summed E-state index contributed by atoms with van der Waals surface area (Å²) in [5.74, 6) is 0. The van der Waals surface area contributed by atoms with Gasteiger partial charge in [0.2, 0.25) is 0 Å². The van der Waals surface area contributed by atoms with Crippen LogP contribution in [0.5, 0.6) is 0 Å². The fourth-order valence-corrected chi connectivity index (χ4v) is 2.87. The van der Waals surface area contributed by atoms with Crippen LogP contribution in [0.2, 0.25) is 0 Å². The van der Waals surface area contributed by atoms with Crippen LogP contribution in [0.3, 0.4) is 0 Å². The summed E-state index contributed by atoms with van der Waals surface area (Å²) in [7, 11) is 0.978. The Labute approximate surface area is 81.8 Å². The summed E-state index contributed by atoms with van der Waals surface area (Å²) in [5, 5.41) is 3.24. The van der Waals surface area contributed by atoms with Crippen LogP contribution in [-0.2, 0) is 0 Å². The summed E-state index contributed by atoms with van der Waals surface area (Å²) in [6.45, 7) is 6.89. The van der Waals surface area contributed by atoms with E-state index >= 15 is 0 Å². The number of allylic oxidation sites excluding steroid dienone is 1. The molecule has 1 unspecified atom stereocenters. The molecule has 1 aromatic rings. The molecule has 68 valence electrons. The fraction of sp³-hybridized carbons (Fsp3) is 0.333. The minimum atomic E-state index is 0.379. The summed E-state index contributed by atoms with van der Waals surface area (Å²) < 4.78 is 0. The van der Waals surface area contributed by atoms with E-state index in [2.05, 4.69) is 51.1 Å². The molecule has 0 bridgehead atoms. The van der Waals surface area contributed by atoms with Crippen LogP contribution in [0.1, 0.15) is 26.3 Å². The van der Waals surface area contributed by atoms with Crippen molar-refractivity contribution in [1.82, 2.24) is 0 Å². The van der Waals surface area contributed by atoms with Gasteiger partial charge in [0.25, 0.3) is 0 Å². The molecule has 2 rings (SSSR count).